The standard InChI is InChI=1S/C30H18O8/c31-19-11-21(33)27-23(13-19)37-25(29(27)35)9-15-4-6-17(7-5-15)18-3-1-2-16(8-18)10-26-30(36)28-22(34)12-20(32)14-24(28)38-26/h1-14,31-34H/b25-9-,26-10-. The summed E-state index contributed by atoms with van der Waals surface area (Å²) in [5, 5.41) is 39.3. The Kier molecular flexibility index (Phi) is 5.17. The van der Waals surface area contributed by atoms with E-state index in [1.807, 2.05) is 30.3 Å². The molecule has 0 atom stereocenters. The number of phenolic OH excluding ortho intramolecular Hbond substituents is 4. The van der Waals surface area contributed by atoms with E-state index in [1.54, 1.807) is 30.4 Å². The quantitative estimate of drug-likeness (QED) is 0.271. The average molecular weight is 506 g/mol. The summed E-state index contributed by atoms with van der Waals surface area (Å²) in [6.45, 7) is 0. The molecule has 186 valence electrons. The summed E-state index contributed by atoms with van der Waals surface area (Å²) in [6.07, 6.45) is 3.12. The predicted octanol–water partition coefficient (Wildman–Crippen LogP) is 5.41. The highest BCUT2D eigenvalue weighted by Crippen LogP contribution is 2.42. The number of hydrogen-bond donors (Lipinski definition) is 4. The molecule has 0 aromatic heterocycles. The van der Waals surface area contributed by atoms with Crippen LogP contribution in [0.2, 0.25) is 0 Å². The van der Waals surface area contributed by atoms with Crippen LogP contribution in [0.15, 0.2) is 84.3 Å². The van der Waals surface area contributed by atoms with Crippen molar-refractivity contribution in [1.29, 1.82) is 0 Å². The van der Waals surface area contributed by atoms with Gasteiger partial charge in [-0.25, -0.2) is 0 Å². The van der Waals surface area contributed by atoms with Crippen molar-refractivity contribution in [3.63, 3.8) is 0 Å². The molecule has 0 unspecified atom stereocenters. The Morgan fingerprint density at radius 1 is 0.553 bits per heavy atom. The number of ketones is 2. The number of carbonyl (C=O) groups is 2. The van der Waals surface area contributed by atoms with Crippen LogP contribution in [-0.2, 0) is 0 Å². The number of aromatic hydroxyl groups is 4. The molecule has 4 N–H and O–H groups in total. The normalized spacial score (nSPS) is 15.9. The van der Waals surface area contributed by atoms with Crippen LogP contribution < -0.4 is 9.47 Å². The number of phenols is 4. The molecule has 38 heavy (non-hydrogen) atoms. The second-order valence-corrected chi connectivity index (χ2v) is 8.80. The lowest BCUT2D eigenvalue weighted by Gasteiger charge is -2.05. The van der Waals surface area contributed by atoms with Gasteiger partial charge in [0.2, 0.25) is 11.6 Å². The molecule has 0 saturated carbocycles. The van der Waals surface area contributed by atoms with Gasteiger partial charge in [-0.05, 0) is 40.5 Å². The summed E-state index contributed by atoms with van der Waals surface area (Å²) in [5.74, 6) is -1.80. The molecule has 0 saturated heterocycles. The molecule has 2 aliphatic rings. The van der Waals surface area contributed by atoms with Crippen molar-refractivity contribution >= 4 is 23.7 Å². The van der Waals surface area contributed by atoms with Crippen molar-refractivity contribution in [2.24, 2.45) is 0 Å². The maximum Gasteiger partial charge on any atom is 0.235 e. The summed E-state index contributed by atoms with van der Waals surface area (Å²) < 4.78 is 11.1. The molecule has 8 nitrogen and oxygen atoms in total. The number of carbonyl (C=O) groups excluding carboxylic acids is 2. The molecule has 6 rings (SSSR count). The van der Waals surface area contributed by atoms with E-state index in [9.17, 15) is 30.0 Å². The van der Waals surface area contributed by atoms with E-state index in [0.29, 0.717) is 11.1 Å². The highest BCUT2D eigenvalue weighted by atomic mass is 16.5. The Morgan fingerprint density at radius 2 is 1.08 bits per heavy atom. The van der Waals surface area contributed by atoms with E-state index in [2.05, 4.69) is 0 Å². The van der Waals surface area contributed by atoms with Crippen LogP contribution in [-0.4, -0.2) is 32.0 Å². The minimum Gasteiger partial charge on any atom is -0.508 e. The fraction of sp³-hybridized carbons (Fsp3) is 0. The Labute approximate surface area is 215 Å². The molecule has 2 heterocycles. The maximum absolute atomic E-state index is 12.7. The van der Waals surface area contributed by atoms with Crippen molar-refractivity contribution in [3.05, 3.63) is 107 Å². The van der Waals surface area contributed by atoms with Crippen molar-refractivity contribution < 1.29 is 39.5 Å². The minimum absolute atomic E-state index is 0.00902. The summed E-state index contributed by atoms with van der Waals surface area (Å²) >= 11 is 0. The Balaban J connectivity index is 1.24. The number of rotatable bonds is 3. The van der Waals surface area contributed by atoms with Gasteiger partial charge < -0.3 is 29.9 Å². The maximum atomic E-state index is 12.7. The zero-order valence-electron chi connectivity index (χ0n) is 19.5. The first kappa shape index (κ1) is 22.9. The van der Waals surface area contributed by atoms with Gasteiger partial charge in [-0.3, -0.25) is 9.59 Å². The minimum atomic E-state index is -0.477. The Bertz CT molecular complexity index is 1730. The second kappa shape index (κ2) is 8.56. The first-order chi connectivity index (χ1) is 18.3. The summed E-state index contributed by atoms with van der Waals surface area (Å²) in [4.78, 5) is 25.3. The van der Waals surface area contributed by atoms with Crippen LogP contribution in [0.25, 0.3) is 23.3 Å². The van der Waals surface area contributed by atoms with Gasteiger partial charge in [-0.1, -0.05) is 42.5 Å². The SMILES string of the molecule is O=C1/C(=C/c2ccc(-c3cccc(/C=C4\Oc5cc(O)cc(O)c5C4=O)c3)cc2)Oc2cc(O)cc(O)c21. The lowest BCUT2D eigenvalue weighted by Crippen LogP contribution is -1.98. The molecular formula is C30H18O8. The number of hydrogen-bond acceptors (Lipinski definition) is 8. The molecule has 2 aliphatic heterocycles. The lowest BCUT2D eigenvalue weighted by atomic mass is 10.0. The highest BCUT2D eigenvalue weighted by molar-refractivity contribution is 6.17. The topological polar surface area (TPSA) is 134 Å². The number of ether oxygens (including phenoxy) is 2. The number of allylic oxidation sites excluding steroid dienone is 2. The molecule has 0 amide bonds. The summed E-state index contributed by atoms with van der Waals surface area (Å²) in [5.41, 5.74) is 3.15. The third-order valence-corrected chi connectivity index (χ3v) is 6.20. The van der Waals surface area contributed by atoms with Gasteiger partial charge in [0.1, 0.15) is 45.6 Å². The van der Waals surface area contributed by atoms with Crippen molar-refractivity contribution in [2.75, 3.05) is 0 Å². The monoisotopic (exact) mass is 506 g/mol. The third-order valence-electron chi connectivity index (χ3n) is 6.20. The van der Waals surface area contributed by atoms with E-state index in [1.165, 1.54) is 12.1 Å². The molecule has 0 aliphatic carbocycles. The molecule has 0 radical (unpaired) electrons. The lowest BCUT2D eigenvalue weighted by molar-refractivity contribution is 0.100. The molecule has 8 heteroatoms. The highest BCUT2D eigenvalue weighted by Gasteiger charge is 2.32. The van der Waals surface area contributed by atoms with Crippen molar-refractivity contribution in [3.8, 4) is 45.6 Å². The Hall–Kier alpha value is -5.50. The smallest absolute Gasteiger partial charge is 0.235 e. The number of fused-ring (bicyclic) bond motifs is 2. The van der Waals surface area contributed by atoms with Gasteiger partial charge in [-0.15, -0.1) is 0 Å². The van der Waals surface area contributed by atoms with Gasteiger partial charge in [0.15, 0.2) is 11.5 Å². The third kappa shape index (κ3) is 3.90. The average Bonchev–Trinajstić information content (AvgIpc) is 3.35. The molecule has 0 bridgehead atoms. The van der Waals surface area contributed by atoms with E-state index >= 15 is 0 Å². The van der Waals surface area contributed by atoms with Crippen LogP contribution in [0.3, 0.4) is 0 Å². The first-order valence-corrected chi connectivity index (χ1v) is 11.5. The first-order valence-electron chi connectivity index (χ1n) is 11.5. The van der Waals surface area contributed by atoms with Crippen molar-refractivity contribution in [1.82, 2.24) is 0 Å². The van der Waals surface area contributed by atoms with Crippen molar-refractivity contribution in [2.45, 2.75) is 0 Å². The van der Waals surface area contributed by atoms with E-state index in [4.69, 9.17) is 9.47 Å². The predicted molar refractivity (Wildman–Crippen MR) is 137 cm³/mol. The molecule has 0 spiro atoms. The van der Waals surface area contributed by atoms with Crippen LogP contribution >= 0.6 is 0 Å². The Morgan fingerprint density at radius 3 is 1.63 bits per heavy atom. The zero-order chi connectivity index (χ0) is 26.6. The van der Waals surface area contributed by atoms with Crippen LogP contribution in [0.1, 0.15) is 31.8 Å². The summed E-state index contributed by atoms with van der Waals surface area (Å²) in [7, 11) is 0. The van der Waals surface area contributed by atoms with Gasteiger partial charge in [-0.2, -0.15) is 0 Å². The molecule has 4 aromatic carbocycles. The van der Waals surface area contributed by atoms with Crippen LogP contribution in [0, 0.1) is 0 Å². The second-order valence-electron chi connectivity index (χ2n) is 8.80. The van der Waals surface area contributed by atoms with Crippen LogP contribution in [0.5, 0.6) is 34.5 Å². The molecule has 0 fully saturated rings. The summed E-state index contributed by atoms with van der Waals surface area (Å²) in [6, 6.07) is 19.5. The fourth-order valence-electron chi connectivity index (χ4n) is 4.44. The number of Topliss-reactive ketones (excluding diaryl/α,β-unsaturated/α-hetero) is 2. The molecule has 4 aromatic rings. The van der Waals surface area contributed by atoms with Gasteiger partial charge in [0.05, 0.1) is 0 Å². The van der Waals surface area contributed by atoms with Gasteiger partial charge >= 0.3 is 0 Å². The van der Waals surface area contributed by atoms with Gasteiger partial charge in [0.25, 0.3) is 0 Å². The fourth-order valence-corrected chi connectivity index (χ4v) is 4.44. The van der Waals surface area contributed by atoms with E-state index < -0.39 is 11.6 Å². The number of benzene rings is 4. The van der Waals surface area contributed by atoms with Crippen LogP contribution in [0.4, 0.5) is 0 Å². The molecular weight excluding hydrogens is 488 g/mol. The van der Waals surface area contributed by atoms with E-state index in [-0.39, 0.29) is 57.1 Å². The van der Waals surface area contributed by atoms with Gasteiger partial charge in [0, 0.05) is 24.3 Å². The van der Waals surface area contributed by atoms with E-state index in [0.717, 1.165) is 23.3 Å². The largest absolute Gasteiger partial charge is 0.508 e. The zero-order valence-corrected chi connectivity index (χ0v) is 19.5.